The minimum atomic E-state index is 0.315. The van der Waals surface area contributed by atoms with Crippen molar-refractivity contribution in [3.63, 3.8) is 0 Å². The van der Waals surface area contributed by atoms with Crippen molar-refractivity contribution in [2.45, 2.75) is 18.9 Å². The van der Waals surface area contributed by atoms with Crippen LogP contribution in [0.15, 0.2) is 67.0 Å². The third-order valence-corrected chi connectivity index (χ3v) is 6.60. The van der Waals surface area contributed by atoms with E-state index < -0.39 is 0 Å². The van der Waals surface area contributed by atoms with Crippen molar-refractivity contribution in [2.75, 3.05) is 26.4 Å². The predicted octanol–water partition coefficient (Wildman–Crippen LogP) is 4.93. The van der Waals surface area contributed by atoms with Crippen LogP contribution in [0.4, 0.5) is 5.82 Å². The van der Waals surface area contributed by atoms with E-state index in [0.29, 0.717) is 23.7 Å². The van der Waals surface area contributed by atoms with E-state index in [1.807, 2.05) is 59.3 Å². The summed E-state index contributed by atoms with van der Waals surface area (Å²) in [6.07, 6.45) is 3.68. The van der Waals surface area contributed by atoms with Gasteiger partial charge in [-0.1, -0.05) is 30.3 Å². The normalized spacial score (nSPS) is 17.7. The molecule has 0 aliphatic heterocycles. The number of anilines is 1. The summed E-state index contributed by atoms with van der Waals surface area (Å²) in [4.78, 5) is 15.8. The average molecular weight is 466 g/mol. The average Bonchev–Trinajstić information content (AvgIpc) is 3.22. The van der Waals surface area contributed by atoms with E-state index in [0.717, 1.165) is 58.3 Å². The Morgan fingerprint density at radius 2 is 1.83 bits per heavy atom. The number of nitrogens with zero attached hydrogens (tertiary/aromatic N) is 6. The Morgan fingerprint density at radius 3 is 2.63 bits per heavy atom. The van der Waals surface area contributed by atoms with Gasteiger partial charge in [-0.05, 0) is 57.1 Å². The molecule has 8 heteroatoms. The summed E-state index contributed by atoms with van der Waals surface area (Å²) in [5, 5.41) is 6.83. The first-order valence-electron chi connectivity index (χ1n) is 11.8. The summed E-state index contributed by atoms with van der Waals surface area (Å²) in [7, 11) is 4.24. The van der Waals surface area contributed by atoms with Crippen LogP contribution in [0.1, 0.15) is 18.9 Å². The molecule has 2 N–H and O–H groups in total. The second-order valence-corrected chi connectivity index (χ2v) is 9.48. The lowest BCUT2D eigenvalue weighted by Crippen LogP contribution is -2.34. The molecule has 35 heavy (non-hydrogen) atoms. The highest BCUT2D eigenvalue weighted by Crippen LogP contribution is 2.41. The van der Waals surface area contributed by atoms with E-state index in [2.05, 4.69) is 35.0 Å². The molecule has 2 aromatic carbocycles. The van der Waals surface area contributed by atoms with E-state index in [1.54, 1.807) is 0 Å². The topological polar surface area (TPSA) is 95.0 Å². The quantitative estimate of drug-likeness (QED) is 0.380. The summed E-state index contributed by atoms with van der Waals surface area (Å²) in [6, 6.07) is 20.0. The van der Waals surface area contributed by atoms with Crippen LogP contribution in [0.5, 0.6) is 11.6 Å². The highest BCUT2D eigenvalue weighted by Gasteiger charge is 2.33. The number of rotatable bonds is 6. The third kappa shape index (κ3) is 4.06. The van der Waals surface area contributed by atoms with Crippen molar-refractivity contribution >= 4 is 27.8 Å². The van der Waals surface area contributed by atoms with E-state index >= 15 is 0 Å². The fraction of sp³-hybridized carbons (Fsp3) is 0.259. The van der Waals surface area contributed by atoms with Gasteiger partial charge < -0.3 is 15.4 Å². The number of pyridine rings is 1. The number of para-hydroxylation sites is 1. The zero-order chi connectivity index (χ0) is 23.9. The van der Waals surface area contributed by atoms with Crippen LogP contribution >= 0.6 is 0 Å². The Morgan fingerprint density at radius 1 is 1.03 bits per heavy atom. The molecule has 0 atom stereocenters. The first kappa shape index (κ1) is 21.5. The summed E-state index contributed by atoms with van der Waals surface area (Å²) < 4.78 is 7.99. The SMILES string of the molecule is CN(C)CC1CC(n2nc(-c3ccc4ccc(Oc5ccccc5)nc4c3)c3c(N)ncnc32)C1. The minimum Gasteiger partial charge on any atom is -0.439 e. The molecule has 5 aromatic rings. The van der Waals surface area contributed by atoms with Crippen LogP contribution in [-0.2, 0) is 0 Å². The van der Waals surface area contributed by atoms with Crippen LogP contribution < -0.4 is 10.5 Å². The maximum atomic E-state index is 6.34. The molecule has 8 nitrogen and oxygen atoms in total. The minimum absolute atomic E-state index is 0.315. The molecule has 0 spiro atoms. The lowest BCUT2D eigenvalue weighted by Gasteiger charge is -2.37. The number of nitrogen functional groups attached to an aromatic ring is 1. The molecule has 0 unspecified atom stereocenters. The molecular weight excluding hydrogens is 438 g/mol. The van der Waals surface area contributed by atoms with Crippen LogP contribution in [0.3, 0.4) is 0 Å². The monoisotopic (exact) mass is 465 g/mol. The number of fused-ring (bicyclic) bond motifs is 2. The molecule has 6 rings (SSSR count). The van der Waals surface area contributed by atoms with E-state index in [1.165, 1.54) is 6.33 Å². The van der Waals surface area contributed by atoms with Crippen molar-refractivity contribution in [1.29, 1.82) is 0 Å². The van der Waals surface area contributed by atoms with Gasteiger partial charge in [-0.2, -0.15) is 5.10 Å². The fourth-order valence-corrected chi connectivity index (χ4v) is 4.93. The van der Waals surface area contributed by atoms with Gasteiger partial charge in [0.2, 0.25) is 5.88 Å². The molecule has 0 saturated heterocycles. The second kappa shape index (κ2) is 8.63. The number of ether oxygens (including phenoxy) is 1. The Bertz CT molecular complexity index is 1510. The molecule has 1 saturated carbocycles. The first-order chi connectivity index (χ1) is 17.0. The zero-order valence-electron chi connectivity index (χ0n) is 19.8. The molecule has 3 heterocycles. The highest BCUT2D eigenvalue weighted by atomic mass is 16.5. The van der Waals surface area contributed by atoms with Gasteiger partial charge in [-0.3, -0.25) is 0 Å². The summed E-state index contributed by atoms with van der Waals surface area (Å²) in [5.41, 5.74) is 9.66. The Hall–Kier alpha value is -4.04. The lowest BCUT2D eigenvalue weighted by atomic mass is 9.80. The van der Waals surface area contributed by atoms with Gasteiger partial charge in [-0.15, -0.1) is 0 Å². The largest absolute Gasteiger partial charge is 0.439 e. The van der Waals surface area contributed by atoms with E-state index in [-0.39, 0.29) is 0 Å². The second-order valence-electron chi connectivity index (χ2n) is 9.48. The molecule has 1 fully saturated rings. The molecule has 0 radical (unpaired) electrons. The number of hydrogen-bond acceptors (Lipinski definition) is 7. The van der Waals surface area contributed by atoms with Gasteiger partial charge in [-0.25, -0.2) is 19.6 Å². The standard InChI is InChI=1S/C27H27N7O/c1-33(2)15-17-12-20(13-17)34-27-24(26(28)29-16-30-27)25(32-34)19-9-8-18-10-11-23(31-22(18)14-19)35-21-6-4-3-5-7-21/h3-11,14,16-17,20H,12-13,15H2,1-2H3,(H2,28,29,30). The third-order valence-electron chi connectivity index (χ3n) is 6.60. The summed E-state index contributed by atoms with van der Waals surface area (Å²) in [6.45, 7) is 1.09. The van der Waals surface area contributed by atoms with Gasteiger partial charge in [0.05, 0.1) is 16.9 Å². The van der Waals surface area contributed by atoms with Crippen molar-refractivity contribution < 1.29 is 4.74 Å². The smallest absolute Gasteiger partial charge is 0.219 e. The van der Waals surface area contributed by atoms with Gasteiger partial charge in [0.25, 0.3) is 0 Å². The van der Waals surface area contributed by atoms with Gasteiger partial charge >= 0.3 is 0 Å². The Balaban J connectivity index is 1.38. The Labute approximate surface area is 203 Å². The van der Waals surface area contributed by atoms with Crippen molar-refractivity contribution in [2.24, 2.45) is 5.92 Å². The van der Waals surface area contributed by atoms with Gasteiger partial charge in [0.15, 0.2) is 5.65 Å². The maximum absolute atomic E-state index is 6.34. The number of benzene rings is 2. The molecule has 3 aromatic heterocycles. The van der Waals surface area contributed by atoms with Crippen LogP contribution in [0.25, 0.3) is 33.2 Å². The van der Waals surface area contributed by atoms with Crippen molar-refractivity contribution in [1.82, 2.24) is 29.6 Å². The van der Waals surface area contributed by atoms with Crippen LogP contribution in [-0.4, -0.2) is 50.3 Å². The molecular formula is C27H27N7O. The molecule has 1 aliphatic rings. The number of aromatic nitrogens is 5. The van der Waals surface area contributed by atoms with Crippen LogP contribution in [0, 0.1) is 5.92 Å². The van der Waals surface area contributed by atoms with Crippen molar-refractivity contribution in [3.05, 3.63) is 67.0 Å². The molecule has 0 bridgehead atoms. The highest BCUT2D eigenvalue weighted by molar-refractivity contribution is 5.99. The number of nitrogens with two attached hydrogens (primary N) is 1. The van der Waals surface area contributed by atoms with E-state index in [9.17, 15) is 0 Å². The maximum Gasteiger partial charge on any atom is 0.219 e. The zero-order valence-corrected chi connectivity index (χ0v) is 19.8. The first-order valence-corrected chi connectivity index (χ1v) is 11.8. The fourth-order valence-electron chi connectivity index (χ4n) is 4.93. The molecule has 0 amide bonds. The number of hydrogen-bond donors (Lipinski definition) is 1. The molecule has 1 aliphatic carbocycles. The summed E-state index contributed by atoms with van der Waals surface area (Å²) >= 11 is 0. The van der Waals surface area contributed by atoms with Crippen LogP contribution in [0.2, 0.25) is 0 Å². The lowest BCUT2D eigenvalue weighted by molar-refractivity contribution is 0.149. The van der Waals surface area contributed by atoms with E-state index in [4.69, 9.17) is 20.6 Å². The Kier molecular flexibility index (Phi) is 5.30. The molecule has 176 valence electrons. The van der Waals surface area contributed by atoms with Gasteiger partial charge in [0.1, 0.15) is 23.6 Å². The summed E-state index contributed by atoms with van der Waals surface area (Å²) in [5.74, 6) is 2.40. The van der Waals surface area contributed by atoms with Crippen molar-refractivity contribution in [3.8, 4) is 22.9 Å². The predicted molar refractivity (Wildman–Crippen MR) is 137 cm³/mol. The van der Waals surface area contributed by atoms with Gasteiger partial charge in [0, 0.05) is 23.6 Å².